The molecule has 0 aromatic carbocycles. The van der Waals surface area contributed by atoms with E-state index in [9.17, 15) is 13.2 Å². The summed E-state index contributed by atoms with van der Waals surface area (Å²) in [4.78, 5) is 10.6. The Kier molecular flexibility index (Phi) is 4.76. The van der Waals surface area contributed by atoms with Gasteiger partial charge in [-0.25, -0.2) is 13.2 Å². The Morgan fingerprint density at radius 2 is 2.12 bits per heavy atom. The van der Waals surface area contributed by atoms with Crippen LogP contribution in [0.15, 0.2) is 0 Å². The van der Waals surface area contributed by atoms with Crippen molar-refractivity contribution in [1.29, 1.82) is 0 Å². The Balaban J connectivity index is 2.71. The lowest BCUT2D eigenvalue weighted by atomic mass is 9.84. The highest BCUT2D eigenvalue weighted by Crippen LogP contribution is 2.27. The summed E-state index contributed by atoms with van der Waals surface area (Å²) >= 11 is 0. The number of amides is 1. The maximum absolute atomic E-state index is 11.3. The van der Waals surface area contributed by atoms with Crippen LogP contribution in [0.3, 0.4) is 0 Å². The van der Waals surface area contributed by atoms with Crippen LogP contribution in [-0.2, 0) is 14.6 Å². The summed E-state index contributed by atoms with van der Waals surface area (Å²) in [5.41, 5.74) is 0. The first kappa shape index (κ1) is 14.2. The van der Waals surface area contributed by atoms with E-state index >= 15 is 0 Å². The Labute approximate surface area is 101 Å². The second-order valence-corrected chi connectivity index (χ2v) is 6.76. The van der Waals surface area contributed by atoms with E-state index in [1.54, 1.807) is 7.11 Å². The zero-order valence-electron chi connectivity index (χ0n) is 10.0. The molecule has 1 saturated carbocycles. The van der Waals surface area contributed by atoms with Crippen LogP contribution in [0.2, 0.25) is 0 Å². The summed E-state index contributed by atoms with van der Waals surface area (Å²) in [6.07, 6.45) is 2.03. The minimum absolute atomic E-state index is 0.00218. The maximum Gasteiger partial charge on any atom is 0.404 e. The van der Waals surface area contributed by atoms with E-state index in [4.69, 9.17) is 9.84 Å². The highest BCUT2D eigenvalue weighted by atomic mass is 32.2. The molecule has 100 valence electrons. The lowest BCUT2D eigenvalue weighted by Crippen LogP contribution is -2.46. The van der Waals surface area contributed by atoms with Crippen molar-refractivity contribution in [3.63, 3.8) is 0 Å². The molecule has 6 nitrogen and oxygen atoms in total. The van der Waals surface area contributed by atoms with E-state index in [0.717, 1.165) is 6.42 Å². The first-order valence-electron chi connectivity index (χ1n) is 5.52. The highest BCUT2D eigenvalue weighted by molar-refractivity contribution is 7.90. The molecule has 2 N–H and O–H groups in total. The fourth-order valence-corrected chi connectivity index (χ4v) is 3.50. The van der Waals surface area contributed by atoms with Crippen LogP contribution in [0.4, 0.5) is 4.79 Å². The van der Waals surface area contributed by atoms with Crippen LogP contribution >= 0.6 is 0 Å². The van der Waals surface area contributed by atoms with Crippen molar-refractivity contribution in [2.75, 3.05) is 19.1 Å². The topological polar surface area (TPSA) is 92.7 Å². The molecule has 0 aliphatic heterocycles. The lowest BCUT2D eigenvalue weighted by molar-refractivity contribution is 0.0427. The maximum atomic E-state index is 11.3. The van der Waals surface area contributed by atoms with Gasteiger partial charge in [0, 0.05) is 19.4 Å². The average Bonchev–Trinajstić information content (AvgIpc) is 2.17. The molecule has 3 atom stereocenters. The third-order valence-electron chi connectivity index (χ3n) is 3.09. The normalized spacial score (nSPS) is 29.9. The highest BCUT2D eigenvalue weighted by Gasteiger charge is 2.33. The van der Waals surface area contributed by atoms with Crippen molar-refractivity contribution in [3.05, 3.63) is 0 Å². The predicted molar refractivity (Wildman–Crippen MR) is 62.8 cm³/mol. The molecular formula is C10H19NO5S. The molecule has 0 saturated heterocycles. The van der Waals surface area contributed by atoms with Crippen LogP contribution < -0.4 is 5.32 Å². The van der Waals surface area contributed by atoms with Gasteiger partial charge in [-0.05, 0) is 25.2 Å². The standard InChI is InChI=1S/C10H19NO5S/c1-16-8-3-4-9(11-10(12)13)7(5-8)6-17(2,14)15/h7-9,11H,3-6H2,1-2H3,(H,12,13)/t7?,8-,9?/m1/s1. The minimum Gasteiger partial charge on any atom is -0.465 e. The molecule has 0 spiro atoms. The molecule has 7 heteroatoms. The van der Waals surface area contributed by atoms with Gasteiger partial charge in [0.25, 0.3) is 0 Å². The summed E-state index contributed by atoms with van der Waals surface area (Å²) in [5, 5.41) is 11.1. The monoisotopic (exact) mass is 265 g/mol. The number of carboxylic acid groups (broad SMARTS) is 1. The SMILES string of the molecule is CO[C@@H]1CCC(NC(=O)O)C(CS(C)(=O)=O)C1. The zero-order valence-corrected chi connectivity index (χ0v) is 10.9. The summed E-state index contributed by atoms with van der Waals surface area (Å²) in [6.45, 7) is 0. The number of carbonyl (C=O) groups is 1. The van der Waals surface area contributed by atoms with Gasteiger partial charge in [-0.15, -0.1) is 0 Å². The van der Waals surface area contributed by atoms with Crippen LogP contribution in [0, 0.1) is 5.92 Å². The quantitative estimate of drug-likeness (QED) is 0.771. The van der Waals surface area contributed by atoms with Gasteiger partial charge in [0.15, 0.2) is 0 Å². The van der Waals surface area contributed by atoms with E-state index in [1.807, 2.05) is 0 Å². The molecule has 1 aliphatic rings. The van der Waals surface area contributed by atoms with E-state index in [2.05, 4.69) is 5.32 Å². The van der Waals surface area contributed by atoms with Crippen molar-refractivity contribution in [2.24, 2.45) is 5.92 Å². The van der Waals surface area contributed by atoms with Gasteiger partial charge in [0.2, 0.25) is 0 Å². The number of rotatable bonds is 4. The molecule has 1 fully saturated rings. The summed E-state index contributed by atoms with van der Waals surface area (Å²) in [7, 11) is -1.52. The molecule has 1 rings (SSSR count). The first-order chi connectivity index (χ1) is 7.81. The molecule has 0 bridgehead atoms. The smallest absolute Gasteiger partial charge is 0.404 e. The largest absolute Gasteiger partial charge is 0.465 e. The zero-order chi connectivity index (χ0) is 13.1. The van der Waals surface area contributed by atoms with Gasteiger partial charge in [-0.2, -0.15) is 0 Å². The summed E-state index contributed by atoms with van der Waals surface area (Å²) in [6, 6.07) is -0.298. The molecule has 1 amide bonds. The molecule has 1 aliphatic carbocycles. The Hall–Kier alpha value is -0.820. The molecular weight excluding hydrogens is 246 g/mol. The van der Waals surface area contributed by atoms with Crippen molar-refractivity contribution < 1.29 is 23.1 Å². The molecule has 0 radical (unpaired) electrons. The Bertz CT molecular complexity index is 367. The van der Waals surface area contributed by atoms with Gasteiger partial charge < -0.3 is 15.2 Å². The van der Waals surface area contributed by atoms with E-state index < -0.39 is 15.9 Å². The Morgan fingerprint density at radius 1 is 1.47 bits per heavy atom. The van der Waals surface area contributed by atoms with Gasteiger partial charge in [-0.1, -0.05) is 0 Å². The number of methoxy groups -OCH3 is 1. The number of hydrogen-bond acceptors (Lipinski definition) is 4. The van der Waals surface area contributed by atoms with E-state index in [-0.39, 0.29) is 23.8 Å². The summed E-state index contributed by atoms with van der Waals surface area (Å²) < 4.78 is 27.8. The third kappa shape index (κ3) is 4.91. The predicted octanol–water partition coefficient (Wildman–Crippen LogP) is 0.482. The molecule has 2 unspecified atom stereocenters. The van der Waals surface area contributed by atoms with Crippen LogP contribution in [0.5, 0.6) is 0 Å². The first-order valence-corrected chi connectivity index (χ1v) is 7.58. The fourth-order valence-electron chi connectivity index (χ4n) is 2.36. The molecule has 0 aromatic heterocycles. The number of nitrogens with one attached hydrogen (secondary N) is 1. The van der Waals surface area contributed by atoms with Gasteiger partial charge in [-0.3, -0.25) is 0 Å². The van der Waals surface area contributed by atoms with Crippen molar-refractivity contribution in [2.45, 2.75) is 31.4 Å². The number of hydrogen-bond donors (Lipinski definition) is 2. The van der Waals surface area contributed by atoms with E-state index in [0.29, 0.717) is 12.8 Å². The number of sulfone groups is 1. The fraction of sp³-hybridized carbons (Fsp3) is 0.900. The molecule has 0 heterocycles. The third-order valence-corrected chi connectivity index (χ3v) is 4.13. The molecule has 0 aromatic rings. The second-order valence-electron chi connectivity index (χ2n) is 4.58. The van der Waals surface area contributed by atoms with Gasteiger partial charge >= 0.3 is 6.09 Å². The number of ether oxygens (including phenoxy) is 1. The van der Waals surface area contributed by atoms with Gasteiger partial charge in [0.1, 0.15) is 9.84 Å². The average molecular weight is 265 g/mol. The van der Waals surface area contributed by atoms with Gasteiger partial charge in [0.05, 0.1) is 11.9 Å². The lowest BCUT2D eigenvalue weighted by Gasteiger charge is -2.34. The second kappa shape index (κ2) is 5.68. The van der Waals surface area contributed by atoms with Crippen molar-refractivity contribution >= 4 is 15.9 Å². The molecule has 17 heavy (non-hydrogen) atoms. The van der Waals surface area contributed by atoms with Crippen LogP contribution in [-0.4, -0.2) is 50.9 Å². The van der Waals surface area contributed by atoms with E-state index in [1.165, 1.54) is 6.26 Å². The summed E-state index contributed by atoms with van der Waals surface area (Å²) in [5.74, 6) is -0.211. The minimum atomic E-state index is -3.11. The van der Waals surface area contributed by atoms with Crippen LogP contribution in [0.25, 0.3) is 0 Å². The van der Waals surface area contributed by atoms with Crippen molar-refractivity contribution in [3.8, 4) is 0 Å². The Morgan fingerprint density at radius 3 is 2.59 bits per heavy atom. The van der Waals surface area contributed by atoms with Crippen LogP contribution in [0.1, 0.15) is 19.3 Å². The van der Waals surface area contributed by atoms with Crippen molar-refractivity contribution in [1.82, 2.24) is 5.32 Å².